The van der Waals surface area contributed by atoms with Crippen LogP contribution in [0.4, 0.5) is 8.78 Å². The molecule has 3 nitrogen and oxygen atoms in total. The lowest BCUT2D eigenvalue weighted by molar-refractivity contribution is -0.122. The van der Waals surface area contributed by atoms with E-state index in [9.17, 15) is 13.6 Å². The van der Waals surface area contributed by atoms with Gasteiger partial charge in [0.15, 0.2) is 0 Å². The zero-order valence-corrected chi connectivity index (χ0v) is 10.7. The van der Waals surface area contributed by atoms with Crippen molar-refractivity contribution in [1.82, 2.24) is 10.6 Å². The van der Waals surface area contributed by atoms with E-state index in [0.717, 1.165) is 32.0 Å². The highest BCUT2D eigenvalue weighted by atomic mass is 19.1. The first-order chi connectivity index (χ1) is 9.15. The molecule has 0 radical (unpaired) electrons. The van der Waals surface area contributed by atoms with Crippen LogP contribution in [0.1, 0.15) is 24.8 Å². The highest BCUT2D eigenvalue weighted by Gasteiger charge is 2.16. The molecular formula is C14H18F2N2O. The van der Waals surface area contributed by atoms with Gasteiger partial charge in [-0.3, -0.25) is 4.79 Å². The Bertz CT molecular complexity index is 445. The quantitative estimate of drug-likeness (QED) is 0.876. The monoisotopic (exact) mass is 268 g/mol. The Balaban J connectivity index is 1.79. The van der Waals surface area contributed by atoms with Crippen molar-refractivity contribution in [3.05, 3.63) is 35.4 Å². The molecule has 1 aliphatic heterocycles. The van der Waals surface area contributed by atoms with Crippen molar-refractivity contribution < 1.29 is 13.6 Å². The largest absolute Gasteiger partial charge is 0.352 e. The van der Waals surface area contributed by atoms with E-state index in [1.165, 1.54) is 12.1 Å². The minimum Gasteiger partial charge on any atom is -0.352 e. The third kappa shape index (κ3) is 4.28. The lowest BCUT2D eigenvalue weighted by Crippen LogP contribution is -2.32. The van der Waals surface area contributed by atoms with Gasteiger partial charge in [0.2, 0.25) is 5.91 Å². The second-order valence-electron chi connectivity index (χ2n) is 4.91. The number of benzene rings is 1. The Kier molecular flexibility index (Phi) is 4.85. The highest BCUT2D eigenvalue weighted by Crippen LogP contribution is 2.16. The molecule has 104 valence electrons. The van der Waals surface area contributed by atoms with Crippen LogP contribution in [0, 0.1) is 17.6 Å². The van der Waals surface area contributed by atoms with Crippen LogP contribution in [0.5, 0.6) is 0 Å². The SMILES string of the molecule is O=C(CC1CCNCC1)NCc1ccc(F)cc1F. The van der Waals surface area contributed by atoms with Gasteiger partial charge in [0, 0.05) is 24.6 Å². The number of carbonyl (C=O) groups excluding carboxylic acids is 1. The topological polar surface area (TPSA) is 41.1 Å². The number of nitrogens with one attached hydrogen (secondary N) is 2. The number of hydrogen-bond donors (Lipinski definition) is 2. The number of piperidine rings is 1. The predicted molar refractivity (Wildman–Crippen MR) is 68.4 cm³/mol. The molecule has 2 N–H and O–H groups in total. The van der Waals surface area contributed by atoms with Crippen LogP contribution >= 0.6 is 0 Å². The molecule has 1 aromatic carbocycles. The minimum atomic E-state index is -0.623. The fraction of sp³-hybridized carbons (Fsp3) is 0.500. The van der Waals surface area contributed by atoms with Crippen LogP contribution in [0.2, 0.25) is 0 Å². The molecule has 0 spiro atoms. The summed E-state index contributed by atoms with van der Waals surface area (Å²) in [6.45, 7) is 2.00. The predicted octanol–water partition coefficient (Wildman–Crippen LogP) is 1.97. The standard InChI is InChI=1S/C14H18F2N2O/c15-12-2-1-11(13(16)8-12)9-18-14(19)7-10-3-5-17-6-4-10/h1-2,8,10,17H,3-7,9H2,(H,18,19). The third-order valence-corrected chi connectivity index (χ3v) is 3.42. The summed E-state index contributed by atoms with van der Waals surface area (Å²) in [4.78, 5) is 11.7. The lowest BCUT2D eigenvalue weighted by Gasteiger charge is -2.21. The van der Waals surface area contributed by atoms with Gasteiger partial charge < -0.3 is 10.6 Å². The maximum absolute atomic E-state index is 13.4. The number of carbonyl (C=O) groups is 1. The van der Waals surface area contributed by atoms with E-state index in [2.05, 4.69) is 10.6 Å². The first-order valence-electron chi connectivity index (χ1n) is 6.56. The molecule has 1 amide bonds. The van der Waals surface area contributed by atoms with E-state index < -0.39 is 11.6 Å². The Hall–Kier alpha value is -1.49. The van der Waals surface area contributed by atoms with Crippen molar-refractivity contribution in [2.24, 2.45) is 5.92 Å². The van der Waals surface area contributed by atoms with Crippen molar-refractivity contribution in [2.75, 3.05) is 13.1 Å². The highest BCUT2D eigenvalue weighted by molar-refractivity contribution is 5.76. The van der Waals surface area contributed by atoms with E-state index in [1.807, 2.05) is 0 Å². The van der Waals surface area contributed by atoms with Gasteiger partial charge in [0.05, 0.1) is 0 Å². The molecule has 1 fully saturated rings. The van der Waals surface area contributed by atoms with Gasteiger partial charge in [-0.05, 0) is 37.9 Å². The van der Waals surface area contributed by atoms with Gasteiger partial charge in [0.25, 0.3) is 0 Å². The molecule has 0 bridgehead atoms. The van der Waals surface area contributed by atoms with Gasteiger partial charge in [-0.1, -0.05) is 6.07 Å². The van der Waals surface area contributed by atoms with Crippen LogP contribution in [-0.2, 0) is 11.3 Å². The number of halogens is 2. The third-order valence-electron chi connectivity index (χ3n) is 3.42. The van der Waals surface area contributed by atoms with Crippen molar-refractivity contribution in [1.29, 1.82) is 0 Å². The maximum atomic E-state index is 13.4. The Morgan fingerprint density at radius 2 is 2.05 bits per heavy atom. The Morgan fingerprint density at radius 3 is 2.74 bits per heavy atom. The lowest BCUT2D eigenvalue weighted by atomic mass is 9.94. The van der Waals surface area contributed by atoms with Crippen molar-refractivity contribution in [3.63, 3.8) is 0 Å². The maximum Gasteiger partial charge on any atom is 0.220 e. The summed E-state index contributed by atoms with van der Waals surface area (Å²) in [5, 5.41) is 5.93. The fourth-order valence-electron chi connectivity index (χ4n) is 2.28. The number of amides is 1. The van der Waals surface area contributed by atoms with E-state index >= 15 is 0 Å². The van der Waals surface area contributed by atoms with Gasteiger partial charge in [-0.25, -0.2) is 8.78 Å². The van der Waals surface area contributed by atoms with Crippen LogP contribution in [0.25, 0.3) is 0 Å². The molecule has 0 aromatic heterocycles. The zero-order chi connectivity index (χ0) is 13.7. The average Bonchev–Trinajstić information content (AvgIpc) is 2.39. The number of hydrogen-bond acceptors (Lipinski definition) is 2. The smallest absolute Gasteiger partial charge is 0.220 e. The van der Waals surface area contributed by atoms with E-state index in [1.54, 1.807) is 0 Å². The molecule has 0 atom stereocenters. The fourth-order valence-corrected chi connectivity index (χ4v) is 2.28. The summed E-state index contributed by atoms with van der Waals surface area (Å²) < 4.78 is 26.1. The van der Waals surface area contributed by atoms with Crippen LogP contribution in [0.15, 0.2) is 18.2 Å². The van der Waals surface area contributed by atoms with Crippen molar-refractivity contribution in [2.45, 2.75) is 25.8 Å². The molecule has 1 aromatic rings. The molecule has 0 aliphatic carbocycles. The van der Waals surface area contributed by atoms with Crippen molar-refractivity contribution >= 4 is 5.91 Å². The summed E-state index contributed by atoms with van der Waals surface area (Å²) in [7, 11) is 0. The van der Waals surface area contributed by atoms with Crippen LogP contribution < -0.4 is 10.6 Å². The molecular weight excluding hydrogens is 250 g/mol. The van der Waals surface area contributed by atoms with E-state index in [0.29, 0.717) is 17.9 Å². The van der Waals surface area contributed by atoms with E-state index in [-0.39, 0.29) is 12.5 Å². The summed E-state index contributed by atoms with van der Waals surface area (Å²) in [6.07, 6.45) is 2.47. The summed E-state index contributed by atoms with van der Waals surface area (Å²) in [6, 6.07) is 3.38. The van der Waals surface area contributed by atoms with E-state index in [4.69, 9.17) is 0 Å². The number of rotatable bonds is 4. The molecule has 5 heteroatoms. The first kappa shape index (κ1) is 13.9. The summed E-state index contributed by atoms with van der Waals surface area (Å²) in [5.41, 5.74) is 0.306. The zero-order valence-electron chi connectivity index (χ0n) is 10.7. The molecule has 1 saturated heterocycles. The van der Waals surface area contributed by atoms with Crippen LogP contribution in [-0.4, -0.2) is 19.0 Å². The second kappa shape index (κ2) is 6.61. The van der Waals surface area contributed by atoms with Crippen LogP contribution in [0.3, 0.4) is 0 Å². The summed E-state index contributed by atoms with van der Waals surface area (Å²) in [5.74, 6) is -0.903. The van der Waals surface area contributed by atoms with Gasteiger partial charge in [0.1, 0.15) is 11.6 Å². The first-order valence-corrected chi connectivity index (χ1v) is 6.56. The molecule has 1 aliphatic rings. The van der Waals surface area contributed by atoms with Crippen molar-refractivity contribution in [3.8, 4) is 0 Å². The Labute approximate surface area is 111 Å². The summed E-state index contributed by atoms with van der Waals surface area (Å²) >= 11 is 0. The molecule has 2 rings (SSSR count). The van der Waals surface area contributed by atoms with Gasteiger partial charge >= 0.3 is 0 Å². The normalized spacial score (nSPS) is 16.3. The Morgan fingerprint density at radius 1 is 1.32 bits per heavy atom. The minimum absolute atomic E-state index is 0.0735. The van der Waals surface area contributed by atoms with Gasteiger partial charge in [-0.15, -0.1) is 0 Å². The molecule has 0 unspecified atom stereocenters. The molecule has 1 heterocycles. The average molecular weight is 268 g/mol. The second-order valence-corrected chi connectivity index (χ2v) is 4.91. The molecule has 0 saturated carbocycles. The van der Waals surface area contributed by atoms with Gasteiger partial charge in [-0.2, -0.15) is 0 Å². The molecule has 19 heavy (non-hydrogen) atoms.